The summed E-state index contributed by atoms with van der Waals surface area (Å²) in [6, 6.07) is 6.49. The summed E-state index contributed by atoms with van der Waals surface area (Å²) in [6.07, 6.45) is 1.24. The van der Waals surface area contributed by atoms with Gasteiger partial charge in [-0.15, -0.1) is 0 Å². The van der Waals surface area contributed by atoms with Gasteiger partial charge in [0.15, 0.2) is 11.5 Å². The van der Waals surface area contributed by atoms with Gasteiger partial charge in [-0.25, -0.2) is 4.79 Å². The molecule has 0 aromatic heterocycles. The lowest BCUT2D eigenvalue weighted by Crippen LogP contribution is -2.41. The van der Waals surface area contributed by atoms with Crippen LogP contribution in [0.5, 0.6) is 17.2 Å². The molecule has 2 amide bonds. The van der Waals surface area contributed by atoms with Crippen LogP contribution in [0, 0.1) is 0 Å². The smallest absolute Gasteiger partial charge is 0.315 e. The Hall–Kier alpha value is -3.42. The number of nitrogens with one attached hydrogen (secondary N) is 3. The Morgan fingerprint density at radius 2 is 1.78 bits per heavy atom. The summed E-state index contributed by atoms with van der Waals surface area (Å²) in [7, 11) is 6.42. The highest BCUT2D eigenvalue weighted by Gasteiger charge is 2.29. The van der Waals surface area contributed by atoms with Gasteiger partial charge in [0.1, 0.15) is 0 Å². The van der Waals surface area contributed by atoms with Crippen LogP contribution in [-0.4, -0.2) is 40.5 Å². The van der Waals surface area contributed by atoms with Crippen LogP contribution in [0.4, 0.5) is 10.5 Å². The predicted octanol–water partition coefficient (Wildman–Crippen LogP) is 3.48. The Kier molecular flexibility index (Phi) is 7.12. The lowest BCUT2D eigenvalue weighted by Gasteiger charge is -2.20. The van der Waals surface area contributed by atoms with Gasteiger partial charge in [0, 0.05) is 18.7 Å². The van der Waals surface area contributed by atoms with Crippen LogP contribution in [0.25, 0.3) is 11.1 Å². The minimum Gasteiger partial charge on any atom is -0.493 e. The molecule has 2 aromatic carbocycles. The summed E-state index contributed by atoms with van der Waals surface area (Å²) >= 11 is 0. The molecule has 0 spiro atoms. The van der Waals surface area contributed by atoms with Crippen molar-refractivity contribution in [3.8, 4) is 28.4 Å². The number of amides is 2. The molecule has 0 aliphatic heterocycles. The van der Waals surface area contributed by atoms with Crippen molar-refractivity contribution in [2.75, 3.05) is 33.7 Å². The van der Waals surface area contributed by atoms with Crippen molar-refractivity contribution >= 4 is 11.7 Å². The average molecular weight is 442 g/mol. The number of hydrogen-bond donors (Lipinski definition) is 3. The highest BCUT2D eigenvalue weighted by atomic mass is 16.5. The standard InChI is InChI=1S/C24H31N3O5/c1-13(2)26-24(29)27-17-9-7-14-11-20(30-4)22(31-5)23(32-6)21(14)15-8-10-18(25-3)19(28)12-16(15)17/h8,10-13,17H,7,9H2,1-6H3,(H,25,28)(H2,26,27,29)/t17-/m0/s1. The first-order chi connectivity index (χ1) is 15.3. The third-order valence-electron chi connectivity index (χ3n) is 5.53. The second-order valence-corrected chi connectivity index (χ2v) is 7.92. The van der Waals surface area contributed by atoms with Crippen LogP contribution >= 0.6 is 0 Å². The average Bonchev–Trinajstić information content (AvgIpc) is 3.00. The van der Waals surface area contributed by atoms with Gasteiger partial charge in [-0.3, -0.25) is 4.79 Å². The van der Waals surface area contributed by atoms with Crippen LogP contribution in [-0.2, 0) is 6.42 Å². The summed E-state index contributed by atoms with van der Waals surface area (Å²) in [5.74, 6) is 1.57. The lowest BCUT2D eigenvalue weighted by molar-refractivity contribution is 0.234. The van der Waals surface area contributed by atoms with Crippen molar-refractivity contribution in [2.24, 2.45) is 0 Å². The Balaban J connectivity index is 2.30. The van der Waals surface area contributed by atoms with Crippen LogP contribution in [0.3, 0.4) is 0 Å². The first kappa shape index (κ1) is 23.2. The van der Waals surface area contributed by atoms with Gasteiger partial charge in [0.05, 0.1) is 33.1 Å². The summed E-state index contributed by atoms with van der Waals surface area (Å²) in [6.45, 7) is 3.80. The van der Waals surface area contributed by atoms with E-state index >= 15 is 0 Å². The van der Waals surface area contributed by atoms with E-state index in [1.54, 1.807) is 40.5 Å². The van der Waals surface area contributed by atoms with Crippen LogP contribution in [0.15, 0.2) is 29.1 Å². The van der Waals surface area contributed by atoms with Crippen molar-refractivity contribution in [1.82, 2.24) is 10.6 Å². The Morgan fingerprint density at radius 1 is 1.06 bits per heavy atom. The summed E-state index contributed by atoms with van der Waals surface area (Å²) < 4.78 is 16.9. The maximum Gasteiger partial charge on any atom is 0.315 e. The second-order valence-electron chi connectivity index (χ2n) is 7.92. The van der Waals surface area contributed by atoms with Gasteiger partial charge in [-0.1, -0.05) is 6.07 Å². The maximum atomic E-state index is 12.9. The van der Waals surface area contributed by atoms with Crippen molar-refractivity contribution in [3.63, 3.8) is 0 Å². The molecule has 0 bridgehead atoms. The maximum absolute atomic E-state index is 12.9. The molecule has 1 atom stereocenters. The quantitative estimate of drug-likeness (QED) is 0.635. The van der Waals surface area contributed by atoms with Crippen molar-refractivity contribution in [2.45, 2.75) is 38.8 Å². The number of carbonyl (C=O) groups excluding carboxylic acids is 1. The molecule has 0 unspecified atom stereocenters. The van der Waals surface area contributed by atoms with E-state index in [0.717, 1.165) is 22.3 Å². The zero-order valence-corrected chi connectivity index (χ0v) is 19.4. The molecule has 32 heavy (non-hydrogen) atoms. The molecule has 0 saturated carbocycles. The van der Waals surface area contributed by atoms with Crippen molar-refractivity contribution in [3.05, 3.63) is 45.6 Å². The number of aryl methyl sites for hydroxylation is 1. The largest absolute Gasteiger partial charge is 0.493 e. The van der Waals surface area contributed by atoms with Crippen LogP contribution in [0.1, 0.15) is 37.4 Å². The molecule has 3 N–H and O–H groups in total. The van der Waals surface area contributed by atoms with Crippen molar-refractivity contribution < 1.29 is 19.0 Å². The van der Waals surface area contributed by atoms with E-state index < -0.39 is 0 Å². The number of rotatable bonds is 6. The van der Waals surface area contributed by atoms with Crippen LogP contribution < -0.4 is 35.6 Å². The van der Waals surface area contributed by atoms with Gasteiger partial charge >= 0.3 is 6.03 Å². The van der Waals surface area contributed by atoms with E-state index in [9.17, 15) is 9.59 Å². The van der Waals surface area contributed by atoms with E-state index in [1.807, 2.05) is 26.0 Å². The normalized spacial score (nSPS) is 14.5. The molecule has 0 saturated heterocycles. The molecule has 0 heterocycles. The SMILES string of the molecule is CNc1ccc2c(cc1=O)[C@@H](NC(=O)NC(C)C)CCc1cc(OC)c(OC)c(OC)c1-2. The molecule has 2 aromatic rings. The fraction of sp³-hybridized carbons (Fsp3) is 0.417. The molecular weight excluding hydrogens is 410 g/mol. The third kappa shape index (κ3) is 4.44. The third-order valence-corrected chi connectivity index (χ3v) is 5.53. The van der Waals surface area contributed by atoms with Gasteiger partial charge in [0.25, 0.3) is 0 Å². The fourth-order valence-corrected chi connectivity index (χ4v) is 4.13. The number of fused-ring (bicyclic) bond motifs is 3. The van der Waals surface area contributed by atoms with Gasteiger partial charge < -0.3 is 30.2 Å². The Labute approximate surface area is 188 Å². The highest BCUT2D eigenvalue weighted by molar-refractivity contribution is 5.83. The summed E-state index contributed by atoms with van der Waals surface area (Å²) in [5.41, 5.74) is 3.63. The molecule has 0 fully saturated rings. The fourth-order valence-electron chi connectivity index (χ4n) is 4.13. The molecular formula is C24H31N3O5. The van der Waals surface area contributed by atoms with Gasteiger partial charge in [-0.05, 0) is 61.6 Å². The summed E-state index contributed by atoms with van der Waals surface area (Å²) in [5, 5.41) is 8.84. The minimum absolute atomic E-state index is 0.0103. The molecule has 1 aliphatic rings. The lowest BCUT2D eigenvalue weighted by atomic mass is 9.95. The Bertz CT molecular complexity index is 1070. The number of hydrogen-bond acceptors (Lipinski definition) is 6. The van der Waals surface area contributed by atoms with E-state index in [-0.39, 0.29) is 23.5 Å². The number of urea groups is 1. The molecule has 0 radical (unpaired) electrons. The predicted molar refractivity (Wildman–Crippen MR) is 125 cm³/mol. The number of anilines is 1. The van der Waals surface area contributed by atoms with E-state index in [4.69, 9.17) is 14.2 Å². The first-order valence-electron chi connectivity index (χ1n) is 10.6. The molecule has 172 valence electrons. The highest BCUT2D eigenvalue weighted by Crippen LogP contribution is 2.50. The molecule has 1 aliphatic carbocycles. The topological polar surface area (TPSA) is 97.9 Å². The number of benzene rings is 1. The minimum atomic E-state index is -0.373. The zero-order valence-electron chi connectivity index (χ0n) is 19.4. The van der Waals surface area contributed by atoms with Crippen molar-refractivity contribution in [1.29, 1.82) is 0 Å². The van der Waals surface area contributed by atoms with Crippen LogP contribution in [0.2, 0.25) is 0 Å². The first-order valence-corrected chi connectivity index (χ1v) is 10.6. The molecule has 8 heteroatoms. The molecule has 8 nitrogen and oxygen atoms in total. The number of methoxy groups -OCH3 is 3. The second kappa shape index (κ2) is 9.80. The number of carbonyl (C=O) groups is 1. The van der Waals surface area contributed by atoms with Gasteiger partial charge in [-0.2, -0.15) is 0 Å². The number of ether oxygens (including phenoxy) is 3. The zero-order chi connectivity index (χ0) is 23.4. The van der Waals surface area contributed by atoms with E-state index in [1.165, 1.54) is 0 Å². The van der Waals surface area contributed by atoms with Gasteiger partial charge in [0.2, 0.25) is 11.2 Å². The monoisotopic (exact) mass is 441 g/mol. The molecule has 3 rings (SSSR count). The van der Waals surface area contributed by atoms with E-state index in [0.29, 0.717) is 35.8 Å². The van der Waals surface area contributed by atoms with E-state index in [2.05, 4.69) is 16.0 Å². The summed E-state index contributed by atoms with van der Waals surface area (Å²) in [4.78, 5) is 25.4. The Morgan fingerprint density at radius 3 is 2.38 bits per heavy atom.